The van der Waals surface area contributed by atoms with Crippen molar-refractivity contribution in [3.05, 3.63) is 40.1 Å². The van der Waals surface area contributed by atoms with E-state index in [1.165, 1.54) is 0 Å². The van der Waals surface area contributed by atoms with Gasteiger partial charge in [-0.2, -0.15) is 5.10 Å². The van der Waals surface area contributed by atoms with Gasteiger partial charge in [-0.05, 0) is 44.6 Å². The maximum atomic E-state index is 6.11. The first-order valence-corrected chi connectivity index (χ1v) is 8.84. The number of rotatable bonds is 7. The molecule has 1 aromatic carbocycles. The lowest BCUT2D eigenvalue weighted by molar-refractivity contribution is 0.342. The van der Waals surface area contributed by atoms with E-state index >= 15 is 0 Å². The van der Waals surface area contributed by atoms with Crippen LogP contribution in [-0.2, 0) is 6.54 Å². The van der Waals surface area contributed by atoms with Gasteiger partial charge in [-0.25, -0.2) is 0 Å². The Bertz CT molecular complexity index is 705. The topological polar surface area (TPSA) is 51.1 Å². The average Bonchev–Trinajstić information content (AvgIpc) is 2.81. The van der Waals surface area contributed by atoms with E-state index in [9.17, 15) is 0 Å². The quantitative estimate of drug-likeness (QED) is 0.549. The number of hydrogen-bond donors (Lipinski definition) is 2. The van der Waals surface area contributed by atoms with Crippen LogP contribution in [0.1, 0.15) is 19.0 Å². The molecule has 0 fully saturated rings. The third kappa shape index (κ3) is 5.00. The Kier molecular flexibility index (Phi) is 7.15. The van der Waals surface area contributed by atoms with Gasteiger partial charge in [0.2, 0.25) is 0 Å². The van der Waals surface area contributed by atoms with E-state index in [1.54, 1.807) is 4.68 Å². The second kappa shape index (κ2) is 9.11. The van der Waals surface area contributed by atoms with Crippen LogP contribution in [0.5, 0.6) is 5.75 Å². The third-order valence-corrected chi connectivity index (χ3v) is 4.44. The molecule has 2 N–H and O–H groups in total. The SMILES string of the molecule is CCOc1ccccc1NC(=S)NCCCn1nc(C)c(Cl)c1Cl. The number of anilines is 1. The van der Waals surface area contributed by atoms with E-state index in [-0.39, 0.29) is 0 Å². The number of halogens is 2. The zero-order valence-electron chi connectivity index (χ0n) is 13.6. The van der Waals surface area contributed by atoms with Crippen LogP contribution in [-0.4, -0.2) is 28.0 Å². The van der Waals surface area contributed by atoms with Crippen LogP contribution in [0.15, 0.2) is 24.3 Å². The Balaban J connectivity index is 1.78. The van der Waals surface area contributed by atoms with Gasteiger partial charge in [-0.15, -0.1) is 0 Å². The van der Waals surface area contributed by atoms with Gasteiger partial charge >= 0.3 is 0 Å². The summed E-state index contributed by atoms with van der Waals surface area (Å²) in [6.07, 6.45) is 0.812. The van der Waals surface area contributed by atoms with Crippen LogP contribution in [0.3, 0.4) is 0 Å². The van der Waals surface area contributed by atoms with Gasteiger partial charge in [0.1, 0.15) is 15.9 Å². The lowest BCUT2D eigenvalue weighted by Gasteiger charge is -2.14. The van der Waals surface area contributed by atoms with Crippen molar-refractivity contribution in [1.82, 2.24) is 15.1 Å². The summed E-state index contributed by atoms with van der Waals surface area (Å²) < 4.78 is 7.26. The number of nitrogens with one attached hydrogen (secondary N) is 2. The fraction of sp³-hybridized carbons (Fsp3) is 0.375. The molecule has 0 atom stereocenters. The molecule has 1 aromatic heterocycles. The minimum absolute atomic E-state index is 0.473. The van der Waals surface area contributed by atoms with Crippen molar-refractivity contribution < 1.29 is 4.74 Å². The predicted octanol–water partition coefficient (Wildman–Crippen LogP) is 4.27. The summed E-state index contributed by atoms with van der Waals surface area (Å²) >= 11 is 17.4. The molecule has 0 aliphatic heterocycles. The fourth-order valence-electron chi connectivity index (χ4n) is 2.13. The molecular weight excluding hydrogens is 367 g/mol. The molecule has 0 aliphatic rings. The number of nitrogens with zero attached hydrogens (tertiary/aromatic N) is 2. The molecule has 0 saturated carbocycles. The van der Waals surface area contributed by atoms with E-state index in [2.05, 4.69) is 15.7 Å². The molecule has 0 saturated heterocycles. The Morgan fingerprint density at radius 2 is 2.08 bits per heavy atom. The molecule has 0 spiro atoms. The standard InChI is InChI=1S/C16H20Cl2N4OS/c1-3-23-13-8-5-4-7-12(13)20-16(24)19-9-6-10-22-15(18)14(17)11(2)21-22/h4-5,7-8H,3,6,9-10H2,1-2H3,(H2,19,20,24). The number of aromatic nitrogens is 2. The van der Waals surface area contributed by atoms with Crippen molar-refractivity contribution in [2.75, 3.05) is 18.5 Å². The van der Waals surface area contributed by atoms with Crippen LogP contribution in [0.4, 0.5) is 5.69 Å². The van der Waals surface area contributed by atoms with E-state index in [4.69, 9.17) is 40.2 Å². The van der Waals surface area contributed by atoms with Crippen molar-refractivity contribution in [3.63, 3.8) is 0 Å². The molecule has 5 nitrogen and oxygen atoms in total. The molecule has 0 amide bonds. The Morgan fingerprint density at radius 3 is 2.75 bits per heavy atom. The average molecular weight is 387 g/mol. The summed E-state index contributed by atoms with van der Waals surface area (Å²) in [5.41, 5.74) is 1.58. The molecule has 0 bridgehead atoms. The van der Waals surface area contributed by atoms with Gasteiger partial charge in [0.25, 0.3) is 0 Å². The summed E-state index contributed by atoms with van der Waals surface area (Å²) in [4.78, 5) is 0. The van der Waals surface area contributed by atoms with Crippen LogP contribution in [0.2, 0.25) is 10.2 Å². The number of ether oxygens (including phenoxy) is 1. The molecule has 130 valence electrons. The summed E-state index contributed by atoms with van der Waals surface area (Å²) in [5.74, 6) is 0.776. The highest BCUT2D eigenvalue weighted by atomic mass is 35.5. The summed E-state index contributed by atoms with van der Waals surface area (Å²) in [6, 6.07) is 7.68. The van der Waals surface area contributed by atoms with Gasteiger partial charge in [-0.1, -0.05) is 35.3 Å². The first-order valence-electron chi connectivity index (χ1n) is 7.68. The molecule has 2 rings (SSSR count). The first kappa shape index (κ1) is 18.8. The van der Waals surface area contributed by atoms with Gasteiger partial charge < -0.3 is 15.4 Å². The molecule has 2 aromatic rings. The maximum Gasteiger partial charge on any atom is 0.170 e. The van der Waals surface area contributed by atoms with Gasteiger partial charge in [0.05, 0.1) is 18.0 Å². The second-order valence-electron chi connectivity index (χ2n) is 5.08. The number of aryl methyl sites for hydroxylation is 2. The molecule has 24 heavy (non-hydrogen) atoms. The Hall–Kier alpha value is -1.50. The van der Waals surface area contributed by atoms with Crippen LogP contribution < -0.4 is 15.4 Å². The zero-order chi connectivity index (χ0) is 17.5. The summed E-state index contributed by atoms with van der Waals surface area (Å²) in [6.45, 7) is 5.73. The highest BCUT2D eigenvalue weighted by molar-refractivity contribution is 7.80. The lowest BCUT2D eigenvalue weighted by atomic mass is 10.3. The Morgan fingerprint density at radius 1 is 1.33 bits per heavy atom. The number of hydrogen-bond acceptors (Lipinski definition) is 3. The largest absolute Gasteiger partial charge is 0.492 e. The minimum Gasteiger partial charge on any atom is -0.492 e. The highest BCUT2D eigenvalue weighted by Gasteiger charge is 2.10. The molecule has 8 heteroatoms. The molecule has 0 unspecified atom stereocenters. The normalized spacial score (nSPS) is 10.5. The summed E-state index contributed by atoms with van der Waals surface area (Å²) in [5, 5.41) is 12.1. The van der Waals surface area contributed by atoms with E-state index in [1.807, 2.05) is 38.1 Å². The molecule has 0 radical (unpaired) electrons. The van der Waals surface area contributed by atoms with E-state index < -0.39 is 0 Å². The van der Waals surface area contributed by atoms with Crippen molar-refractivity contribution in [2.24, 2.45) is 0 Å². The number of benzene rings is 1. The van der Waals surface area contributed by atoms with Crippen molar-refractivity contribution in [3.8, 4) is 5.75 Å². The maximum absolute atomic E-state index is 6.11. The Labute approximate surface area is 157 Å². The highest BCUT2D eigenvalue weighted by Crippen LogP contribution is 2.25. The van der Waals surface area contributed by atoms with Gasteiger partial charge in [-0.3, -0.25) is 4.68 Å². The number of thiocarbonyl (C=S) groups is 1. The van der Waals surface area contributed by atoms with Crippen molar-refractivity contribution >= 4 is 46.2 Å². The minimum atomic E-state index is 0.473. The second-order valence-corrected chi connectivity index (χ2v) is 6.22. The predicted molar refractivity (Wildman–Crippen MR) is 103 cm³/mol. The number of para-hydroxylation sites is 2. The van der Waals surface area contributed by atoms with Gasteiger partial charge in [0.15, 0.2) is 5.11 Å². The smallest absolute Gasteiger partial charge is 0.170 e. The van der Waals surface area contributed by atoms with Crippen LogP contribution in [0.25, 0.3) is 0 Å². The molecular formula is C16H20Cl2N4OS. The van der Waals surface area contributed by atoms with E-state index in [0.29, 0.717) is 35.0 Å². The molecule has 0 aliphatic carbocycles. The summed E-state index contributed by atoms with van der Waals surface area (Å²) in [7, 11) is 0. The van der Waals surface area contributed by atoms with Crippen molar-refractivity contribution in [1.29, 1.82) is 0 Å². The first-order chi connectivity index (χ1) is 11.5. The van der Waals surface area contributed by atoms with Crippen molar-refractivity contribution in [2.45, 2.75) is 26.8 Å². The third-order valence-electron chi connectivity index (χ3n) is 3.26. The molecule has 1 heterocycles. The van der Waals surface area contributed by atoms with Crippen LogP contribution >= 0.6 is 35.4 Å². The fourth-order valence-corrected chi connectivity index (χ4v) is 2.73. The van der Waals surface area contributed by atoms with Gasteiger partial charge in [0, 0.05) is 13.1 Å². The van der Waals surface area contributed by atoms with Crippen LogP contribution in [0, 0.1) is 6.92 Å². The monoisotopic (exact) mass is 386 g/mol. The lowest BCUT2D eigenvalue weighted by Crippen LogP contribution is -2.30. The zero-order valence-corrected chi connectivity index (χ0v) is 15.9. The van der Waals surface area contributed by atoms with E-state index in [0.717, 1.165) is 23.6 Å².